The standard InChI is InChI=1S/C34H41N9O3/c1-40(2)28-12-7-25(8-13-28)9-16-32(44)37-27-10-5-26(6-11-27)24-36-34-33(35-17-4-18-42-21-19-41(3)20-22-42)39-31-23-29(43(45)46)14-15-30(31)38-34/h5-16,23H,4,17-22,24H2,1-3H3,(H,35,39)(H,36,38)(H,37,44)/b16-9+. The summed E-state index contributed by atoms with van der Waals surface area (Å²) >= 11 is 0. The minimum atomic E-state index is -0.428. The molecule has 0 aliphatic carbocycles. The highest BCUT2D eigenvalue weighted by Crippen LogP contribution is 2.25. The van der Waals surface area contributed by atoms with Crippen molar-refractivity contribution in [3.8, 4) is 0 Å². The number of nitrogens with one attached hydrogen (secondary N) is 3. The van der Waals surface area contributed by atoms with Crippen molar-refractivity contribution in [2.45, 2.75) is 13.0 Å². The molecule has 46 heavy (non-hydrogen) atoms. The van der Waals surface area contributed by atoms with Gasteiger partial charge in [-0.1, -0.05) is 24.3 Å². The quantitative estimate of drug-likeness (QED) is 0.0816. The number of amides is 1. The Bertz CT molecular complexity index is 1670. The van der Waals surface area contributed by atoms with Gasteiger partial charge in [0.25, 0.3) is 5.69 Å². The van der Waals surface area contributed by atoms with E-state index in [0.717, 1.165) is 56.0 Å². The largest absolute Gasteiger partial charge is 0.378 e. The highest BCUT2D eigenvalue weighted by Gasteiger charge is 2.15. The normalized spacial score (nSPS) is 14.0. The Morgan fingerprint density at radius 3 is 2.33 bits per heavy atom. The van der Waals surface area contributed by atoms with Crippen LogP contribution in [0.4, 0.5) is 28.7 Å². The Kier molecular flexibility index (Phi) is 10.7. The summed E-state index contributed by atoms with van der Waals surface area (Å²) in [6.45, 7) is 6.43. The number of nitrogens with zero attached hydrogens (tertiary/aromatic N) is 6. The van der Waals surface area contributed by atoms with Crippen molar-refractivity contribution < 1.29 is 9.72 Å². The van der Waals surface area contributed by atoms with Crippen LogP contribution in [0, 0.1) is 10.1 Å². The molecule has 0 spiro atoms. The number of likely N-dealkylation sites (N-methyl/N-ethyl adjacent to an activating group) is 1. The molecule has 1 aliphatic rings. The third kappa shape index (κ3) is 8.99. The lowest BCUT2D eigenvalue weighted by molar-refractivity contribution is -0.384. The van der Waals surface area contributed by atoms with E-state index in [2.05, 4.69) is 32.8 Å². The van der Waals surface area contributed by atoms with E-state index in [-0.39, 0.29) is 11.6 Å². The molecule has 12 nitrogen and oxygen atoms in total. The van der Waals surface area contributed by atoms with Gasteiger partial charge in [0.15, 0.2) is 11.6 Å². The molecule has 240 valence electrons. The maximum absolute atomic E-state index is 12.5. The lowest BCUT2D eigenvalue weighted by Gasteiger charge is -2.32. The van der Waals surface area contributed by atoms with Crippen LogP contribution in [0.3, 0.4) is 0 Å². The molecule has 4 aromatic rings. The highest BCUT2D eigenvalue weighted by molar-refractivity contribution is 6.01. The molecule has 0 radical (unpaired) electrons. The van der Waals surface area contributed by atoms with E-state index in [0.29, 0.717) is 41.4 Å². The molecule has 3 aromatic carbocycles. The smallest absolute Gasteiger partial charge is 0.271 e. The molecule has 0 atom stereocenters. The number of carbonyl (C=O) groups excluding carboxylic acids is 1. The van der Waals surface area contributed by atoms with Gasteiger partial charge in [-0.05, 0) is 67.5 Å². The van der Waals surface area contributed by atoms with Crippen molar-refractivity contribution in [1.29, 1.82) is 0 Å². The SMILES string of the molecule is CN1CCN(CCCNc2nc3cc([N+](=O)[O-])ccc3nc2NCc2ccc(NC(=O)/C=C/c3ccc(N(C)C)cc3)cc2)CC1. The van der Waals surface area contributed by atoms with Crippen molar-refractivity contribution in [2.24, 2.45) is 0 Å². The summed E-state index contributed by atoms with van der Waals surface area (Å²) in [7, 11) is 6.12. The fraction of sp³-hybridized carbons (Fsp3) is 0.324. The Morgan fingerprint density at radius 2 is 1.63 bits per heavy atom. The predicted octanol–water partition coefficient (Wildman–Crippen LogP) is 4.92. The Hall–Kier alpha value is -5.07. The average Bonchev–Trinajstić information content (AvgIpc) is 3.06. The van der Waals surface area contributed by atoms with Crippen LogP contribution in [0.15, 0.2) is 72.8 Å². The molecule has 0 unspecified atom stereocenters. The maximum Gasteiger partial charge on any atom is 0.271 e. The minimum absolute atomic E-state index is 0.0233. The highest BCUT2D eigenvalue weighted by atomic mass is 16.6. The van der Waals surface area contributed by atoms with E-state index >= 15 is 0 Å². The fourth-order valence-electron chi connectivity index (χ4n) is 5.11. The molecular weight excluding hydrogens is 582 g/mol. The third-order valence-corrected chi connectivity index (χ3v) is 7.92. The van der Waals surface area contributed by atoms with Crippen LogP contribution in [0.5, 0.6) is 0 Å². The molecule has 1 aliphatic heterocycles. The Labute approximate surface area is 269 Å². The second kappa shape index (κ2) is 15.3. The second-order valence-corrected chi connectivity index (χ2v) is 11.6. The number of aromatic nitrogens is 2. The predicted molar refractivity (Wildman–Crippen MR) is 185 cm³/mol. The molecule has 0 bridgehead atoms. The van der Waals surface area contributed by atoms with Crippen LogP contribution in [0.1, 0.15) is 17.5 Å². The average molecular weight is 624 g/mol. The van der Waals surface area contributed by atoms with Gasteiger partial charge in [-0.25, -0.2) is 9.97 Å². The van der Waals surface area contributed by atoms with E-state index in [1.54, 1.807) is 12.1 Å². The minimum Gasteiger partial charge on any atom is -0.378 e. The molecule has 2 heterocycles. The molecule has 3 N–H and O–H groups in total. The molecule has 0 saturated carbocycles. The van der Waals surface area contributed by atoms with E-state index in [4.69, 9.17) is 9.97 Å². The Morgan fingerprint density at radius 1 is 0.935 bits per heavy atom. The monoisotopic (exact) mass is 623 g/mol. The van der Waals surface area contributed by atoms with Gasteiger partial charge < -0.3 is 30.7 Å². The maximum atomic E-state index is 12.5. The molecular formula is C34H41N9O3. The first-order valence-corrected chi connectivity index (χ1v) is 15.4. The number of carbonyl (C=O) groups is 1. The fourth-order valence-corrected chi connectivity index (χ4v) is 5.11. The van der Waals surface area contributed by atoms with Crippen LogP contribution in [0.2, 0.25) is 0 Å². The molecule has 1 amide bonds. The van der Waals surface area contributed by atoms with Crippen LogP contribution < -0.4 is 20.9 Å². The summed E-state index contributed by atoms with van der Waals surface area (Å²) < 4.78 is 0. The number of piperazine rings is 1. The van der Waals surface area contributed by atoms with Crippen molar-refractivity contribution in [2.75, 3.05) is 81.3 Å². The lowest BCUT2D eigenvalue weighted by Crippen LogP contribution is -2.44. The van der Waals surface area contributed by atoms with Gasteiger partial charge in [-0.2, -0.15) is 0 Å². The van der Waals surface area contributed by atoms with Gasteiger partial charge in [-0.15, -0.1) is 0 Å². The molecule has 1 aromatic heterocycles. The van der Waals surface area contributed by atoms with Gasteiger partial charge in [0, 0.05) is 82.9 Å². The van der Waals surface area contributed by atoms with Crippen molar-refractivity contribution in [3.63, 3.8) is 0 Å². The zero-order valence-corrected chi connectivity index (χ0v) is 26.6. The number of rotatable bonds is 13. The van der Waals surface area contributed by atoms with Gasteiger partial charge >= 0.3 is 0 Å². The molecule has 5 rings (SSSR count). The summed E-state index contributed by atoms with van der Waals surface area (Å²) in [4.78, 5) is 39.7. The third-order valence-electron chi connectivity index (χ3n) is 7.92. The summed E-state index contributed by atoms with van der Waals surface area (Å²) in [6, 6.07) is 20.1. The molecule has 12 heteroatoms. The van der Waals surface area contributed by atoms with E-state index < -0.39 is 4.92 Å². The number of nitro benzene ring substituents is 1. The molecule has 1 saturated heterocycles. The first kappa shape index (κ1) is 32.3. The lowest BCUT2D eigenvalue weighted by atomic mass is 10.2. The van der Waals surface area contributed by atoms with Crippen LogP contribution in [-0.4, -0.2) is 91.0 Å². The summed E-state index contributed by atoms with van der Waals surface area (Å²) in [5.41, 5.74) is 4.72. The summed E-state index contributed by atoms with van der Waals surface area (Å²) in [6.07, 6.45) is 4.24. The summed E-state index contributed by atoms with van der Waals surface area (Å²) in [5, 5.41) is 21.0. The number of fused-ring (bicyclic) bond motifs is 1. The van der Waals surface area contributed by atoms with Crippen molar-refractivity contribution in [1.82, 2.24) is 19.8 Å². The van der Waals surface area contributed by atoms with E-state index in [9.17, 15) is 14.9 Å². The number of anilines is 4. The van der Waals surface area contributed by atoms with Gasteiger partial charge in [0.2, 0.25) is 5.91 Å². The topological polar surface area (TPSA) is 132 Å². The number of hydrogen-bond donors (Lipinski definition) is 3. The van der Waals surface area contributed by atoms with Crippen molar-refractivity contribution in [3.05, 3.63) is 94.0 Å². The van der Waals surface area contributed by atoms with Gasteiger partial charge in [0.05, 0.1) is 16.0 Å². The van der Waals surface area contributed by atoms with Crippen molar-refractivity contribution >= 4 is 51.7 Å². The Balaban J connectivity index is 1.19. The number of hydrogen-bond acceptors (Lipinski definition) is 10. The van der Waals surface area contributed by atoms with Gasteiger partial charge in [-0.3, -0.25) is 14.9 Å². The first-order chi connectivity index (χ1) is 22.2. The van der Waals surface area contributed by atoms with Gasteiger partial charge in [0.1, 0.15) is 0 Å². The number of non-ortho nitro benzene ring substituents is 1. The zero-order valence-electron chi connectivity index (χ0n) is 26.6. The number of nitro groups is 1. The van der Waals surface area contributed by atoms with Crippen LogP contribution in [-0.2, 0) is 11.3 Å². The first-order valence-electron chi connectivity index (χ1n) is 15.4. The summed E-state index contributed by atoms with van der Waals surface area (Å²) in [5.74, 6) is 0.915. The number of benzene rings is 3. The molecule has 1 fully saturated rings. The van der Waals surface area contributed by atoms with Crippen LogP contribution >= 0.6 is 0 Å². The zero-order chi connectivity index (χ0) is 32.5. The van der Waals surface area contributed by atoms with Crippen LogP contribution in [0.25, 0.3) is 17.1 Å². The van der Waals surface area contributed by atoms with E-state index in [1.165, 1.54) is 18.2 Å². The second-order valence-electron chi connectivity index (χ2n) is 11.6. The van der Waals surface area contributed by atoms with E-state index in [1.807, 2.05) is 67.5 Å².